The SMILES string of the molecule is CCOc1cc(-c2ccn(C(C)C)n2)nc2cc(OC)ccc12. The van der Waals surface area contributed by atoms with Crippen molar-refractivity contribution in [3.8, 4) is 22.9 Å². The fourth-order valence-electron chi connectivity index (χ4n) is 2.47. The molecule has 2 aromatic heterocycles. The van der Waals surface area contributed by atoms with E-state index < -0.39 is 0 Å². The van der Waals surface area contributed by atoms with Crippen molar-refractivity contribution in [3.05, 3.63) is 36.5 Å². The molecule has 0 radical (unpaired) electrons. The summed E-state index contributed by atoms with van der Waals surface area (Å²) in [5, 5.41) is 5.57. The van der Waals surface area contributed by atoms with Gasteiger partial charge in [0.25, 0.3) is 0 Å². The molecular formula is C18H21N3O2. The highest BCUT2D eigenvalue weighted by Gasteiger charge is 2.12. The first-order chi connectivity index (χ1) is 11.1. The molecule has 0 aliphatic carbocycles. The van der Waals surface area contributed by atoms with Crippen LogP contribution in [0.15, 0.2) is 36.5 Å². The van der Waals surface area contributed by atoms with Crippen molar-refractivity contribution in [2.45, 2.75) is 26.8 Å². The molecule has 1 aromatic carbocycles. The average molecular weight is 311 g/mol. The summed E-state index contributed by atoms with van der Waals surface area (Å²) in [7, 11) is 1.65. The Morgan fingerprint density at radius 1 is 1.13 bits per heavy atom. The maximum Gasteiger partial charge on any atom is 0.130 e. The number of methoxy groups -OCH3 is 1. The van der Waals surface area contributed by atoms with Gasteiger partial charge in [0.05, 0.1) is 24.9 Å². The summed E-state index contributed by atoms with van der Waals surface area (Å²) < 4.78 is 13.0. The second-order valence-corrected chi connectivity index (χ2v) is 5.60. The van der Waals surface area contributed by atoms with Crippen molar-refractivity contribution in [1.82, 2.24) is 14.8 Å². The topological polar surface area (TPSA) is 49.2 Å². The van der Waals surface area contributed by atoms with Crippen LogP contribution in [0.4, 0.5) is 0 Å². The Kier molecular flexibility index (Phi) is 4.19. The van der Waals surface area contributed by atoms with Gasteiger partial charge < -0.3 is 9.47 Å². The molecule has 0 N–H and O–H groups in total. The van der Waals surface area contributed by atoms with Gasteiger partial charge in [0.2, 0.25) is 0 Å². The third-order valence-electron chi connectivity index (χ3n) is 3.68. The Bertz CT molecular complexity index is 824. The van der Waals surface area contributed by atoms with Crippen LogP contribution in [0.5, 0.6) is 11.5 Å². The first kappa shape index (κ1) is 15.3. The molecule has 5 heteroatoms. The van der Waals surface area contributed by atoms with E-state index in [9.17, 15) is 0 Å². The molecule has 3 rings (SSSR count). The number of nitrogens with zero attached hydrogens (tertiary/aromatic N) is 3. The molecular weight excluding hydrogens is 290 g/mol. The van der Waals surface area contributed by atoms with Gasteiger partial charge >= 0.3 is 0 Å². The van der Waals surface area contributed by atoms with Gasteiger partial charge in [-0.3, -0.25) is 4.68 Å². The molecule has 0 aliphatic heterocycles. The molecule has 23 heavy (non-hydrogen) atoms. The lowest BCUT2D eigenvalue weighted by Crippen LogP contribution is -2.01. The number of aromatic nitrogens is 3. The minimum atomic E-state index is 0.315. The lowest BCUT2D eigenvalue weighted by atomic mass is 10.1. The Morgan fingerprint density at radius 2 is 1.96 bits per heavy atom. The molecule has 0 saturated carbocycles. The summed E-state index contributed by atoms with van der Waals surface area (Å²) in [6, 6.07) is 10.1. The van der Waals surface area contributed by atoms with E-state index in [1.165, 1.54) is 0 Å². The van der Waals surface area contributed by atoms with Crippen LogP contribution in [0.25, 0.3) is 22.3 Å². The summed E-state index contributed by atoms with van der Waals surface area (Å²) in [4.78, 5) is 4.73. The van der Waals surface area contributed by atoms with E-state index in [1.54, 1.807) is 7.11 Å². The third-order valence-corrected chi connectivity index (χ3v) is 3.68. The highest BCUT2D eigenvalue weighted by atomic mass is 16.5. The number of rotatable bonds is 5. The average Bonchev–Trinajstić information content (AvgIpc) is 3.04. The van der Waals surface area contributed by atoms with E-state index in [4.69, 9.17) is 14.5 Å². The van der Waals surface area contributed by atoms with E-state index >= 15 is 0 Å². The van der Waals surface area contributed by atoms with Crippen LogP contribution < -0.4 is 9.47 Å². The highest BCUT2D eigenvalue weighted by Crippen LogP contribution is 2.31. The number of hydrogen-bond donors (Lipinski definition) is 0. The molecule has 0 aliphatic rings. The lowest BCUT2D eigenvalue weighted by molar-refractivity contribution is 0.344. The number of ether oxygens (including phenoxy) is 2. The monoisotopic (exact) mass is 311 g/mol. The fraction of sp³-hybridized carbons (Fsp3) is 0.333. The minimum absolute atomic E-state index is 0.315. The standard InChI is InChI=1S/C18H21N3O2/c1-5-23-18-11-17(15-8-9-21(20-15)12(2)3)19-16-10-13(22-4)6-7-14(16)18/h6-12H,5H2,1-4H3. The second kappa shape index (κ2) is 6.28. The van der Waals surface area contributed by atoms with Crippen molar-refractivity contribution in [1.29, 1.82) is 0 Å². The summed E-state index contributed by atoms with van der Waals surface area (Å²) in [6.07, 6.45) is 1.97. The predicted octanol–water partition coefficient (Wildman–Crippen LogP) is 4.09. The molecule has 0 unspecified atom stereocenters. The molecule has 0 saturated heterocycles. The Morgan fingerprint density at radius 3 is 2.61 bits per heavy atom. The number of pyridine rings is 1. The molecule has 0 bridgehead atoms. The van der Waals surface area contributed by atoms with E-state index in [0.29, 0.717) is 12.6 Å². The molecule has 0 amide bonds. The predicted molar refractivity (Wildman–Crippen MR) is 91.1 cm³/mol. The van der Waals surface area contributed by atoms with Crippen molar-refractivity contribution in [2.75, 3.05) is 13.7 Å². The normalized spacial score (nSPS) is 11.2. The highest BCUT2D eigenvalue weighted by molar-refractivity contribution is 5.88. The maximum absolute atomic E-state index is 5.79. The zero-order chi connectivity index (χ0) is 16.4. The van der Waals surface area contributed by atoms with Gasteiger partial charge in [-0.05, 0) is 39.0 Å². The van der Waals surface area contributed by atoms with Crippen LogP contribution in [0.1, 0.15) is 26.8 Å². The van der Waals surface area contributed by atoms with Gasteiger partial charge in [-0.15, -0.1) is 0 Å². The summed E-state index contributed by atoms with van der Waals surface area (Å²) in [6.45, 7) is 6.77. The summed E-state index contributed by atoms with van der Waals surface area (Å²) >= 11 is 0. The van der Waals surface area contributed by atoms with Crippen molar-refractivity contribution >= 4 is 10.9 Å². The van der Waals surface area contributed by atoms with Crippen LogP contribution in [-0.4, -0.2) is 28.5 Å². The van der Waals surface area contributed by atoms with Gasteiger partial charge in [0.1, 0.15) is 17.2 Å². The number of benzene rings is 1. The third kappa shape index (κ3) is 2.99. The zero-order valence-corrected chi connectivity index (χ0v) is 13.9. The van der Waals surface area contributed by atoms with E-state index in [1.807, 2.05) is 48.1 Å². The van der Waals surface area contributed by atoms with Crippen molar-refractivity contribution in [2.24, 2.45) is 0 Å². The van der Waals surface area contributed by atoms with Crippen molar-refractivity contribution < 1.29 is 9.47 Å². The van der Waals surface area contributed by atoms with E-state index in [-0.39, 0.29) is 0 Å². The molecule has 0 atom stereocenters. The zero-order valence-electron chi connectivity index (χ0n) is 13.9. The molecule has 0 spiro atoms. The molecule has 120 valence electrons. The smallest absolute Gasteiger partial charge is 0.130 e. The van der Waals surface area contributed by atoms with Crippen LogP contribution in [0.2, 0.25) is 0 Å². The van der Waals surface area contributed by atoms with E-state index in [2.05, 4.69) is 18.9 Å². The first-order valence-electron chi connectivity index (χ1n) is 7.79. The van der Waals surface area contributed by atoms with Gasteiger partial charge in [0, 0.05) is 29.8 Å². The first-order valence-corrected chi connectivity index (χ1v) is 7.79. The number of fused-ring (bicyclic) bond motifs is 1. The Labute approximate surface area is 135 Å². The quantitative estimate of drug-likeness (QED) is 0.712. The summed E-state index contributed by atoms with van der Waals surface area (Å²) in [5.41, 5.74) is 2.47. The largest absolute Gasteiger partial charge is 0.497 e. The van der Waals surface area contributed by atoms with E-state index in [0.717, 1.165) is 33.8 Å². The molecule has 5 nitrogen and oxygen atoms in total. The van der Waals surface area contributed by atoms with Crippen molar-refractivity contribution in [3.63, 3.8) is 0 Å². The maximum atomic E-state index is 5.79. The summed E-state index contributed by atoms with van der Waals surface area (Å²) in [5.74, 6) is 1.59. The van der Waals surface area contributed by atoms with Crippen LogP contribution >= 0.6 is 0 Å². The minimum Gasteiger partial charge on any atom is -0.497 e. The number of hydrogen-bond acceptors (Lipinski definition) is 4. The fourth-order valence-corrected chi connectivity index (χ4v) is 2.47. The van der Waals surface area contributed by atoms with Crippen LogP contribution in [-0.2, 0) is 0 Å². The Balaban J connectivity index is 2.15. The van der Waals surface area contributed by atoms with Crippen LogP contribution in [0.3, 0.4) is 0 Å². The van der Waals surface area contributed by atoms with Gasteiger partial charge in [0.15, 0.2) is 0 Å². The Hall–Kier alpha value is -2.56. The lowest BCUT2D eigenvalue weighted by Gasteiger charge is -2.10. The molecule has 2 heterocycles. The second-order valence-electron chi connectivity index (χ2n) is 5.60. The van der Waals surface area contributed by atoms with Gasteiger partial charge in [-0.2, -0.15) is 5.10 Å². The van der Waals surface area contributed by atoms with Gasteiger partial charge in [-0.1, -0.05) is 0 Å². The molecule has 3 aromatic rings. The van der Waals surface area contributed by atoms with Gasteiger partial charge in [-0.25, -0.2) is 4.98 Å². The van der Waals surface area contributed by atoms with Crippen LogP contribution in [0, 0.1) is 0 Å². The molecule has 0 fully saturated rings.